The van der Waals surface area contributed by atoms with Gasteiger partial charge in [-0.15, -0.1) is 0 Å². The van der Waals surface area contributed by atoms with Gasteiger partial charge >= 0.3 is 0 Å². The van der Waals surface area contributed by atoms with E-state index in [4.69, 9.17) is 0 Å². The second-order valence-electron chi connectivity index (χ2n) is 5.88. The van der Waals surface area contributed by atoms with Crippen LogP contribution in [0.25, 0.3) is 0 Å². The monoisotopic (exact) mass is 339 g/mol. The molecule has 1 saturated carbocycles. The second-order valence-corrected chi connectivity index (χ2v) is 6.74. The highest BCUT2D eigenvalue weighted by Gasteiger charge is 2.36. The Balaban J connectivity index is 1.83. The van der Waals surface area contributed by atoms with Gasteiger partial charge in [0.15, 0.2) is 0 Å². The minimum Gasteiger partial charge on any atom is -0.335 e. The maximum absolute atomic E-state index is 13.6. The van der Waals surface area contributed by atoms with E-state index in [1.54, 1.807) is 12.1 Å². The quantitative estimate of drug-likeness (QED) is 0.743. The standard InChI is InChI=1S/C16H19BrFNO/c17-13-8-7-12(10-14(13)18)16(20)19-9-3-5-11-4-1-2-6-15(11)19/h7-8,10-11,15H,1-6,9H2/t11-,15-/m1/s1. The van der Waals surface area contributed by atoms with E-state index in [0.717, 1.165) is 19.4 Å². The molecule has 0 radical (unpaired) electrons. The van der Waals surface area contributed by atoms with Crippen molar-refractivity contribution >= 4 is 21.8 Å². The van der Waals surface area contributed by atoms with Crippen LogP contribution in [0.3, 0.4) is 0 Å². The molecule has 1 aliphatic heterocycles. The highest BCUT2D eigenvalue weighted by molar-refractivity contribution is 9.10. The Morgan fingerprint density at radius 2 is 1.95 bits per heavy atom. The fraction of sp³-hybridized carbons (Fsp3) is 0.562. The van der Waals surface area contributed by atoms with E-state index < -0.39 is 0 Å². The lowest BCUT2D eigenvalue weighted by Gasteiger charge is -2.44. The van der Waals surface area contributed by atoms with Crippen molar-refractivity contribution in [2.45, 2.75) is 44.6 Å². The predicted octanol–water partition coefficient (Wildman–Crippen LogP) is 4.38. The molecule has 4 heteroatoms. The van der Waals surface area contributed by atoms with Gasteiger partial charge in [0.1, 0.15) is 5.82 Å². The molecule has 1 aliphatic carbocycles. The van der Waals surface area contributed by atoms with Gasteiger partial charge in [-0.2, -0.15) is 0 Å². The molecule has 1 amide bonds. The molecule has 108 valence electrons. The summed E-state index contributed by atoms with van der Waals surface area (Å²) in [6.45, 7) is 0.817. The zero-order valence-electron chi connectivity index (χ0n) is 11.4. The summed E-state index contributed by atoms with van der Waals surface area (Å²) in [5.41, 5.74) is 0.469. The molecular formula is C16H19BrFNO. The first-order chi connectivity index (χ1) is 9.66. The molecule has 0 N–H and O–H groups in total. The Labute approximate surface area is 127 Å². The van der Waals surface area contributed by atoms with Crippen molar-refractivity contribution in [3.05, 3.63) is 34.1 Å². The van der Waals surface area contributed by atoms with Gasteiger partial charge in [0.05, 0.1) is 4.47 Å². The molecule has 0 unspecified atom stereocenters. The molecule has 0 spiro atoms. The molecule has 1 aromatic rings. The topological polar surface area (TPSA) is 20.3 Å². The minimum atomic E-state index is -0.368. The van der Waals surface area contributed by atoms with Crippen LogP contribution in [0.1, 0.15) is 48.9 Å². The smallest absolute Gasteiger partial charge is 0.254 e. The number of fused-ring (bicyclic) bond motifs is 1. The van der Waals surface area contributed by atoms with Crippen molar-refractivity contribution in [3.63, 3.8) is 0 Å². The van der Waals surface area contributed by atoms with Gasteiger partial charge in [-0.3, -0.25) is 4.79 Å². The van der Waals surface area contributed by atoms with Gasteiger partial charge in [-0.05, 0) is 65.7 Å². The van der Waals surface area contributed by atoms with Crippen LogP contribution in [0, 0.1) is 11.7 Å². The van der Waals surface area contributed by atoms with Crippen LogP contribution in [0.2, 0.25) is 0 Å². The van der Waals surface area contributed by atoms with Crippen molar-refractivity contribution in [3.8, 4) is 0 Å². The van der Waals surface area contributed by atoms with Crippen molar-refractivity contribution < 1.29 is 9.18 Å². The van der Waals surface area contributed by atoms with Crippen LogP contribution in [0.15, 0.2) is 22.7 Å². The van der Waals surface area contributed by atoms with Crippen LogP contribution >= 0.6 is 15.9 Å². The minimum absolute atomic E-state index is 0.00648. The number of piperidine rings is 1. The van der Waals surface area contributed by atoms with Gasteiger partial charge in [-0.1, -0.05) is 12.8 Å². The second kappa shape index (κ2) is 5.84. The largest absolute Gasteiger partial charge is 0.335 e. The van der Waals surface area contributed by atoms with Crippen LogP contribution in [-0.4, -0.2) is 23.4 Å². The van der Waals surface area contributed by atoms with E-state index in [0.29, 0.717) is 22.0 Å². The number of hydrogen-bond donors (Lipinski definition) is 0. The molecule has 1 heterocycles. The number of carbonyl (C=O) groups is 1. The number of carbonyl (C=O) groups excluding carboxylic acids is 1. The van der Waals surface area contributed by atoms with Gasteiger partial charge in [0, 0.05) is 18.2 Å². The van der Waals surface area contributed by atoms with Crippen molar-refractivity contribution in [2.24, 2.45) is 5.92 Å². The summed E-state index contributed by atoms with van der Waals surface area (Å²) in [5, 5.41) is 0. The Morgan fingerprint density at radius 3 is 2.75 bits per heavy atom. The van der Waals surface area contributed by atoms with Crippen LogP contribution in [-0.2, 0) is 0 Å². The van der Waals surface area contributed by atoms with Crippen LogP contribution in [0.5, 0.6) is 0 Å². The zero-order chi connectivity index (χ0) is 14.1. The number of benzene rings is 1. The number of amides is 1. The Kier molecular flexibility index (Phi) is 4.11. The van der Waals surface area contributed by atoms with E-state index in [2.05, 4.69) is 15.9 Å². The summed E-state index contributed by atoms with van der Waals surface area (Å²) in [6, 6.07) is 5.04. The first-order valence-corrected chi connectivity index (χ1v) is 8.22. The third kappa shape index (κ3) is 2.62. The number of rotatable bonds is 1. The third-order valence-corrected chi connectivity index (χ3v) is 5.31. The van der Waals surface area contributed by atoms with E-state index in [1.807, 2.05) is 4.90 Å². The average molecular weight is 340 g/mol. The molecule has 20 heavy (non-hydrogen) atoms. The van der Waals surface area contributed by atoms with E-state index in [1.165, 1.54) is 31.7 Å². The van der Waals surface area contributed by atoms with Gasteiger partial charge in [0.2, 0.25) is 0 Å². The van der Waals surface area contributed by atoms with Gasteiger partial charge in [-0.25, -0.2) is 4.39 Å². The van der Waals surface area contributed by atoms with Crippen molar-refractivity contribution in [2.75, 3.05) is 6.54 Å². The third-order valence-electron chi connectivity index (χ3n) is 4.67. The normalized spacial score (nSPS) is 26.2. The van der Waals surface area contributed by atoms with Crippen LogP contribution < -0.4 is 0 Å². The number of hydrogen-bond acceptors (Lipinski definition) is 1. The highest BCUT2D eigenvalue weighted by Crippen LogP contribution is 2.36. The maximum Gasteiger partial charge on any atom is 0.254 e. The SMILES string of the molecule is O=C(c1ccc(Br)c(F)c1)N1CCC[C@H]2CCCC[C@H]21. The molecule has 1 aromatic carbocycles. The molecule has 2 aliphatic rings. The highest BCUT2D eigenvalue weighted by atomic mass is 79.9. The van der Waals surface area contributed by atoms with E-state index in [9.17, 15) is 9.18 Å². The lowest BCUT2D eigenvalue weighted by molar-refractivity contribution is 0.0390. The van der Waals surface area contributed by atoms with Gasteiger partial charge < -0.3 is 4.90 Å². The summed E-state index contributed by atoms with van der Waals surface area (Å²) in [6.07, 6.45) is 7.16. The van der Waals surface area contributed by atoms with Crippen LogP contribution in [0.4, 0.5) is 4.39 Å². The van der Waals surface area contributed by atoms with Crippen molar-refractivity contribution in [1.82, 2.24) is 4.90 Å². The molecule has 3 rings (SSSR count). The first kappa shape index (κ1) is 14.1. The Morgan fingerprint density at radius 1 is 1.20 bits per heavy atom. The summed E-state index contributed by atoms with van der Waals surface area (Å²) in [4.78, 5) is 14.7. The molecule has 1 saturated heterocycles. The molecule has 2 fully saturated rings. The Hall–Kier alpha value is -0.900. The summed E-state index contributed by atoms with van der Waals surface area (Å²) < 4.78 is 14.0. The molecule has 2 nitrogen and oxygen atoms in total. The Bertz CT molecular complexity index is 517. The molecule has 2 atom stereocenters. The fourth-order valence-corrected chi connectivity index (χ4v) is 3.92. The summed E-state index contributed by atoms with van der Waals surface area (Å²) >= 11 is 3.13. The first-order valence-electron chi connectivity index (χ1n) is 7.43. The summed E-state index contributed by atoms with van der Waals surface area (Å²) in [5.74, 6) is 0.280. The fourth-order valence-electron chi connectivity index (χ4n) is 3.67. The number of nitrogens with zero attached hydrogens (tertiary/aromatic N) is 1. The average Bonchev–Trinajstić information content (AvgIpc) is 2.49. The van der Waals surface area contributed by atoms with E-state index >= 15 is 0 Å². The zero-order valence-corrected chi connectivity index (χ0v) is 13.0. The molecule has 0 aromatic heterocycles. The predicted molar refractivity (Wildman–Crippen MR) is 80.1 cm³/mol. The summed E-state index contributed by atoms with van der Waals surface area (Å²) in [7, 11) is 0. The molecular weight excluding hydrogens is 321 g/mol. The van der Waals surface area contributed by atoms with Gasteiger partial charge in [0.25, 0.3) is 5.91 Å². The number of halogens is 2. The lowest BCUT2D eigenvalue weighted by atomic mass is 9.78. The molecule has 0 bridgehead atoms. The van der Waals surface area contributed by atoms with Crippen molar-refractivity contribution in [1.29, 1.82) is 0 Å². The van der Waals surface area contributed by atoms with E-state index in [-0.39, 0.29) is 11.7 Å². The number of likely N-dealkylation sites (tertiary alicyclic amines) is 1. The maximum atomic E-state index is 13.6. The lowest BCUT2D eigenvalue weighted by Crippen LogP contribution is -2.49.